The summed E-state index contributed by atoms with van der Waals surface area (Å²) in [7, 11) is 0. The Kier molecular flexibility index (Phi) is 6.89. The number of nitrogens with one attached hydrogen (secondary N) is 2. The van der Waals surface area contributed by atoms with Crippen molar-refractivity contribution in [3.05, 3.63) is 65.7 Å². The lowest BCUT2D eigenvalue weighted by atomic mass is 10.1. The third-order valence-corrected chi connectivity index (χ3v) is 3.32. The molecule has 2 aromatic rings. The molecule has 0 aliphatic rings. The number of rotatable bonds is 7. The smallest absolute Gasteiger partial charge is 0.325 e. The van der Waals surface area contributed by atoms with Gasteiger partial charge in [-0.3, -0.25) is 14.4 Å². The average molecular weight is 351 g/mol. The largest absolute Gasteiger partial charge is 0.454 e. The summed E-state index contributed by atoms with van der Waals surface area (Å²) in [6.07, 6.45) is 0.152. The van der Waals surface area contributed by atoms with Gasteiger partial charge in [0.2, 0.25) is 5.91 Å². The maximum atomic E-state index is 11.8. The zero-order chi connectivity index (χ0) is 18.8. The van der Waals surface area contributed by atoms with Gasteiger partial charge >= 0.3 is 5.97 Å². The van der Waals surface area contributed by atoms with E-state index in [4.69, 9.17) is 10.00 Å². The topological polar surface area (TPSA) is 108 Å². The van der Waals surface area contributed by atoms with Crippen molar-refractivity contribution in [2.75, 3.05) is 18.5 Å². The molecule has 0 spiro atoms. The van der Waals surface area contributed by atoms with Crippen LogP contribution >= 0.6 is 0 Å². The fraction of sp³-hybridized carbons (Fsp3) is 0.158. The Morgan fingerprint density at radius 1 is 0.962 bits per heavy atom. The van der Waals surface area contributed by atoms with Crippen molar-refractivity contribution in [2.45, 2.75) is 6.42 Å². The zero-order valence-electron chi connectivity index (χ0n) is 13.9. The maximum Gasteiger partial charge on any atom is 0.325 e. The van der Waals surface area contributed by atoms with Crippen molar-refractivity contribution < 1.29 is 19.1 Å². The third kappa shape index (κ3) is 6.09. The molecule has 0 saturated carbocycles. The number of hydrogen-bond donors (Lipinski definition) is 2. The minimum absolute atomic E-state index is 0.152. The minimum Gasteiger partial charge on any atom is -0.454 e. The summed E-state index contributed by atoms with van der Waals surface area (Å²) >= 11 is 0. The SMILES string of the molecule is N#Cc1ccccc1NC(=O)COC(=O)CNC(=O)Cc1ccccc1. The number of ether oxygens (including phenoxy) is 1. The van der Waals surface area contributed by atoms with Gasteiger partial charge in [0.05, 0.1) is 17.7 Å². The van der Waals surface area contributed by atoms with E-state index >= 15 is 0 Å². The molecule has 0 aliphatic carbocycles. The number of amides is 2. The third-order valence-electron chi connectivity index (χ3n) is 3.32. The lowest BCUT2D eigenvalue weighted by Crippen LogP contribution is -2.33. The summed E-state index contributed by atoms with van der Waals surface area (Å²) in [6, 6.07) is 17.5. The highest BCUT2D eigenvalue weighted by Crippen LogP contribution is 2.13. The van der Waals surface area contributed by atoms with Crippen LogP contribution in [0.3, 0.4) is 0 Å². The molecule has 0 fully saturated rings. The summed E-state index contributed by atoms with van der Waals surface area (Å²) < 4.78 is 4.80. The Labute approximate surface area is 150 Å². The highest BCUT2D eigenvalue weighted by Gasteiger charge is 2.11. The van der Waals surface area contributed by atoms with Crippen LogP contribution in [0.4, 0.5) is 5.69 Å². The predicted molar refractivity (Wildman–Crippen MR) is 93.9 cm³/mol. The van der Waals surface area contributed by atoms with Gasteiger partial charge in [-0.15, -0.1) is 0 Å². The molecule has 7 nitrogen and oxygen atoms in total. The van der Waals surface area contributed by atoms with Gasteiger partial charge in [0.15, 0.2) is 6.61 Å². The molecule has 0 atom stereocenters. The fourth-order valence-electron chi connectivity index (χ4n) is 2.09. The molecule has 2 rings (SSSR count). The van der Waals surface area contributed by atoms with E-state index in [9.17, 15) is 14.4 Å². The average Bonchev–Trinajstić information content (AvgIpc) is 2.66. The van der Waals surface area contributed by atoms with Gasteiger partial charge in [-0.05, 0) is 17.7 Å². The fourth-order valence-corrected chi connectivity index (χ4v) is 2.09. The van der Waals surface area contributed by atoms with Crippen molar-refractivity contribution in [3.63, 3.8) is 0 Å². The van der Waals surface area contributed by atoms with Crippen molar-refractivity contribution in [1.82, 2.24) is 5.32 Å². The van der Waals surface area contributed by atoms with Gasteiger partial charge in [-0.2, -0.15) is 5.26 Å². The molecule has 2 N–H and O–H groups in total. The number of carbonyl (C=O) groups is 3. The van der Waals surface area contributed by atoms with Crippen LogP contribution in [0.1, 0.15) is 11.1 Å². The van der Waals surface area contributed by atoms with E-state index in [-0.39, 0.29) is 18.9 Å². The number of carbonyl (C=O) groups excluding carboxylic acids is 3. The molecule has 26 heavy (non-hydrogen) atoms. The number of nitrogens with zero attached hydrogens (tertiary/aromatic N) is 1. The van der Waals surface area contributed by atoms with Crippen LogP contribution in [0.5, 0.6) is 0 Å². The van der Waals surface area contributed by atoms with Crippen LogP contribution in [0, 0.1) is 11.3 Å². The number of nitriles is 1. The lowest BCUT2D eigenvalue weighted by Gasteiger charge is -2.08. The summed E-state index contributed by atoms with van der Waals surface area (Å²) in [5.41, 5.74) is 1.47. The quantitative estimate of drug-likeness (QED) is 0.733. The van der Waals surface area contributed by atoms with Crippen molar-refractivity contribution in [2.24, 2.45) is 0 Å². The van der Waals surface area contributed by atoms with Crippen LogP contribution in [-0.2, 0) is 25.5 Å². The molecule has 0 heterocycles. The number of esters is 1. The van der Waals surface area contributed by atoms with E-state index in [0.29, 0.717) is 11.3 Å². The minimum atomic E-state index is -0.727. The number of para-hydroxylation sites is 1. The Bertz CT molecular complexity index is 828. The molecular weight excluding hydrogens is 334 g/mol. The van der Waals surface area contributed by atoms with Crippen LogP contribution in [-0.4, -0.2) is 30.9 Å². The molecule has 2 amide bonds. The Morgan fingerprint density at radius 2 is 1.65 bits per heavy atom. The van der Waals surface area contributed by atoms with E-state index in [1.54, 1.807) is 36.4 Å². The molecule has 0 saturated heterocycles. The monoisotopic (exact) mass is 351 g/mol. The summed E-state index contributed by atoms with van der Waals surface area (Å²) in [5.74, 6) is -1.62. The van der Waals surface area contributed by atoms with E-state index in [1.165, 1.54) is 0 Å². The summed E-state index contributed by atoms with van der Waals surface area (Å²) in [5, 5.41) is 13.9. The first-order chi connectivity index (χ1) is 12.6. The predicted octanol–water partition coefficient (Wildman–Crippen LogP) is 1.40. The molecular formula is C19H17N3O4. The van der Waals surface area contributed by atoms with Crippen molar-refractivity contribution in [3.8, 4) is 6.07 Å². The molecule has 0 aromatic heterocycles. The van der Waals surface area contributed by atoms with Gasteiger partial charge in [-0.25, -0.2) is 0 Å². The lowest BCUT2D eigenvalue weighted by molar-refractivity contribution is -0.147. The highest BCUT2D eigenvalue weighted by atomic mass is 16.5. The second-order valence-corrected chi connectivity index (χ2v) is 5.31. The van der Waals surface area contributed by atoms with Crippen LogP contribution in [0.25, 0.3) is 0 Å². The second kappa shape index (κ2) is 9.59. The van der Waals surface area contributed by atoms with Crippen LogP contribution < -0.4 is 10.6 Å². The Balaban J connectivity index is 1.70. The Hall–Kier alpha value is -3.66. The van der Waals surface area contributed by atoms with Crippen molar-refractivity contribution >= 4 is 23.5 Å². The number of hydrogen-bond acceptors (Lipinski definition) is 5. The maximum absolute atomic E-state index is 11.8. The van der Waals surface area contributed by atoms with E-state index in [1.807, 2.05) is 24.3 Å². The molecule has 0 radical (unpaired) electrons. The molecule has 0 unspecified atom stereocenters. The van der Waals surface area contributed by atoms with Gasteiger partial charge in [-0.1, -0.05) is 42.5 Å². The van der Waals surface area contributed by atoms with E-state index in [2.05, 4.69) is 10.6 Å². The van der Waals surface area contributed by atoms with Crippen molar-refractivity contribution in [1.29, 1.82) is 5.26 Å². The first kappa shape index (κ1) is 18.7. The van der Waals surface area contributed by atoms with Gasteiger partial charge in [0.25, 0.3) is 5.91 Å². The van der Waals surface area contributed by atoms with E-state index < -0.39 is 18.5 Å². The van der Waals surface area contributed by atoms with Gasteiger partial charge in [0.1, 0.15) is 12.6 Å². The van der Waals surface area contributed by atoms with E-state index in [0.717, 1.165) is 5.56 Å². The summed E-state index contributed by atoms with van der Waals surface area (Å²) in [6.45, 7) is -0.832. The van der Waals surface area contributed by atoms with Gasteiger partial charge < -0.3 is 15.4 Å². The Morgan fingerprint density at radius 3 is 2.38 bits per heavy atom. The van der Waals surface area contributed by atoms with Crippen LogP contribution in [0.2, 0.25) is 0 Å². The zero-order valence-corrected chi connectivity index (χ0v) is 13.9. The number of benzene rings is 2. The molecule has 0 bridgehead atoms. The highest BCUT2D eigenvalue weighted by molar-refractivity contribution is 5.94. The normalized spacial score (nSPS) is 9.65. The molecule has 7 heteroatoms. The van der Waals surface area contributed by atoms with Gasteiger partial charge in [0, 0.05) is 0 Å². The number of anilines is 1. The second-order valence-electron chi connectivity index (χ2n) is 5.31. The first-order valence-corrected chi connectivity index (χ1v) is 7.83. The van der Waals surface area contributed by atoms with Crippen LogP contribution in [0.15, 0.2) is 54.6 Å². The summed E-state index contributed by atoms with van der Waals surface area (Å²) in [4.78, 5) is 35.1. The molecule has 2 aromatic carbocycles. The molecule has 0 aliphatic heterocycles. The standard InChI is InChI=1S/C19H17N3O4/c20-11-15-8-4-5-9-16(15)22-18(24)13-26-19(25)12-21-17(23)10-14-6-2-1-3-7-14/h1-9H,10,12-13H2,(H,21,23)(H,22,24). The first-order valence-electron chi connectivity index (χ1n) is 7.83. The molecule has 132 valence electrons.